The van der Waals surface area contributed by atoms with E-state index < -0.39 is 0 Å². The Hall–Kier alpha value is -11.4. The topological polar surface area (TPSA) is 0 Å². The quantitative estimate of drug-likeness (QED) is 0.128. The molecule has 99 heavy (non-hydrogen) atoms. The van der Waals surface area contributed by atoms with E-state index in [1.807, 2.05) is 0 Å². The normalized spacial score (nSPS) is 14.1. The lowest BCUT2D eigenvalue weighted by molar-refractivity contribution is 0.491. The first-order valence-corrected chi connectivity index (χ1v) is 35.5. The van der Waals surface area contributed by atoms with Crippen molar-refractivity contribution in [1.82, 2.24) is 0 Å². The van der Waals surface area contributed by atoms with Gasteiger partial charge in [-0.05, 0) is 285 Å². The monoisotopic (exact) mass is 1260 g/mol. The fraction of sp³-hybridized carbons (Fsp3) is 0.111. The van der Waals surface area contributed by atoms with Crippen LogP contribution < -0.4 is 0 Å². The number of hydrogen-bond acceptors (Lipinski definition) is 0. The smallest absolute Gasteiger partial charge is 0.0210 e. The molecule has 19 rings (SSSR count). The first kappa shape index (κ1) is 58.9. The highest BCUT2D eigenvalue weighted by atomic mass is 14.5. The second-order valence-electron chi connectivity index (χ2n) is 29.3. The van der Waals surface area contributed by atoms with Crippen LogP contribution in [0.5, 0.6) is 0 Å². The second kappa shape index (κ2) is 22.3. The molecule has 0 aromatic heterocycles. The van der Waals surface area contributed by atoms with Crippen molar-refractivity contribution in [1.29, 1.82) is 0 Å². The minimum Gasteiger partial charge on any atom is -0.0642 e. The summed E-state index contributed by atoms with van der Waals surface area (Å²) in [5.41, 5.74) is 35.8. The zero-order valence-electron chi connectivity index (χ0n) is 56.9. The maximum atomic E-state index is 2.56. The molecule has 0 N–H and O–H groups in total. The molecule has 0 atom stereocenters. The molecule has 0 nitrogen and oxygen atoms in total. The van der Waals surface area contributed by atoms with Crippen molar-refractivity contribution in [3.8, 4) is 122 Å². The molecule has 0 saturated carbocycles. The summed E-state index contributed by atoms with van der Waals surface area (Å²) in [6.07, 6.45) is 2.03. The van der Waals surface area contributed by atoms with Gasteiger partial charge in [-0.15, -0.1) is 0 Å². The van der Waals surface area contributed by atoms with Gasteiger partial charge < -0.3 is 0 Å². The van der Waals surface area contributed by atoms with E-state index in [0.29, 0.717) is 0 Å². The predicted molar refractivity (Wildman–Crippen MR) is 422 cm³/mol. The Labute approximate surface area is 581 Å². The van der Waals surface area contributed by atoms with Gasteiger partial charge in [0.1, 0.15) is 0 Å². The summed E-state index contributed by atoms with van der Waals surface area (Å²) in [5.74, 6) is 0. The van der Waals surface area contributed by atoms with Crippen LogP contribution in [0, 0.1) is 0 Å². The van der Waals surface area contributed by atoms with Crippen molar-refractivity contribution in [3.05, 3.63) is 349 Å². The highest BCUT2D eigenvalue weighted by Crippen LogP contribution is 2.57. The van der Waals surface area contributed by atoms with Crippen LogP contribution in [0.3, 0.4) is 0 Å². The molecule has 0 unspecified atom stereocenters. The Kier molecular flexibility index (Phi) is 13.3. The molecule has 0 aliphatic heterocycles. The molecule has 0 amide bonds. The van der Waals surface area contributed by atoms with Crippen molar-refractivity contribution in [3.63, 3.8) is 0 Å². The van der Waals surface area contributed by atoms with Gasteiger partial charge in [-0.1, -0.05) is 284 Å². The summed E-state index contributed by atoms with van der Waals surface area (Å²) in [4.78, 5) is 0. The van der Waals surface area contributed by atoms with Crippen molar-refractivity contribution in [2.75, 3.05) is 0 Å². The maximum Gasteiger partial charge on any atom is 0.0210 e. The lowest BCUT2D eigenvalue weighted by Gasteiger charge is -2.30. The van der Waals surface area contributed by atoms with Gasteiger partial charge in [0, 0.05) is 16.2 Å². The second-order valence-corrected chi connectivity index (χ2v) is 29.3. The Morgan fingerprint density at radius 1 is 0.182 bits per heavy atom. The summed E-state index contributed by atoms with van der Waals surface area (Å²) >= 11 is 0. The standard InChI is InChI=1S/C99H74/c1-7-99(8-2)95-59-67(65-37-43-85-87-45-41-69(57-93(87)97(3,4)91(85)55-65)71-49-73(81-33-17-25-61-21-9-13-29-77(61)81)53-74(50-71)82-34-18-26-62-22-10-14-30-78(62)82)39-47-89(95)90-48-40-68(60-96(90)99)66-38-44-86-88-46-42-70(58-94(88)98(5,6)92(86)56-66)72-51-75(83-35-19-27-63-23-11-15-31-79(63)83)54-76(52-72)84-36-20-28-64-24-12-16-32-80(64)84/h9-60H,7-8H2,1-6H3. The van der Waals surface area contributed by atoms with E-state index >= 15 is 0 Å². The van der Waals surface area contributed by atoms with E-state index in [9.17, 15) is 0 Å². The number of fused-ring (bicyclic) bond motifs is 13. The molecule has 16 aromatic carbocycles. The van der Waals surface area contributed by atoms with E-state index in [1.54, 1.807) is 0 Å². The highest BCUT2D eigenvalue weighted by Gasteiger charge is 2.42. The lowest BCUT2D eigenvalue weighted by Crippen LogP contribution is -2.23. The minimum atomic E-state index is -0.226. The van der Waals surface area contributed by atoms with E-state index in [0.717, 1.165) is 12.8 Å². The SMILES string of the molecule is CCC1(CC)c2cc(-c3ccc4c(c3)C(C)(C)c3cc(-c5cc(-c6cccc7ccccc67)cc(-c6cccc7ccccc67)c5)ccc3-4)ccc2-c2ccc(-c3ccc4c(c3)C(C)(C)c3cc(-c5cc(-c6cccc7ccccc67)cc(-c6cccc7ccccc67)c5)ccc3-4)cc21. The van der Waals surface area contributed by atoms with E-state index in [-0.39, 0.29) is 16.2 Å². The molecule has 470 valence electrons. The van der Waals surface area contributed by atoms with Crippen LogP contribution in [0.4, 0.5) is 0 Å². The van der Waals surface area contributed by atoms with Crippen LogP contribution >= 0.6 is 0 Å². The van der Waals surface area contributed by atoms with Crippen LogP contribution in [-0.2, 0) is 16.2 Å². The summed E-state index contributed by atoms with van der Waals surface area (Å²) in [5, 5.41) is 10.1. The zero-order chi connectivity index (χ0) is 66.5. The van der Waals surface area contributed by atoms with Crippen LogP contribution in [-0.4, -0.2) is 0 Å². The van der Waals surface area contributed by atoms with Crippen molar-refractivity contribution < 1.29 is 0 Å². The molecule has 0 saturated heterocycles. The molecule has 0 heteroatoms. The van der Waals surface area contributed by atoms with Crippen LogP contribution in [0.1, 0.15) is 87.8 Å². The highest BCUT2D eigenvalue weighted by molar-refractivity contribution is 6.04. The third-order valence-corrected chi connectivity index (χ3v) is 23.5. The third-order valence-electron chi connectivity index (χ3n) is 23.5. The molecule has 0 heterocycles. The molecular formula is C99H74. The minimum absolute atomic E-state index is 0.126. The molecule has 16 aromatic rings. The van der Waals surface area contributed by atoms with Crippen LogP contribution in [0.25, 0.3) is 165 Å². The van der Waals surface area contributed by atoms with Gasteiger partial charge in [0.15, 0.2) is 0 Å². The van der Waals surface area contributed by atoms with Crippen LogP contribution in [0.15, 0.2) is 315 Å². The van der Waals surface area contributed by atoms with Crippen molar-refractivity contribution in [2.45, 2.75) is 70.6 Å². The summed E-state index contributed by atoms with van der Waals surface area (Å²) < 4.78 is 0. The number of benzene rings is 16. The Bertz CT molecular complexity index is 5490. The largest absolute Gasteiger partial charge is 0.0642 e. The molecule has 0 spiro atoms. The van der Waals surface area contributed by atoms with Gasteiger partial charge >= 0.3 is 0 Å². The first-order chi connectivity index (χ1) is 48.4. The van der Waals surface area contributed by atoms with Crippen molar-refractivity contribution >= 4 is 43.1 Å². The van der Waals surface area contributed by atoms with Gasteiger partial charge in [0.25, 0.3) is 0 Å². The number of rotatable bonds is 10. The van der Waals surface area contributed by atoms with Crippen molar-refractivity contribution in [2.24, 2.45) is 0 Å². The zero-order valence-corrected chi connectivity index (χ0v) is 56.9. The van der Waals surface area contributed by atoms with Crippen LogP contribution in [0.2, 0.25) is 0 Å². The Morgan fingerprint density at radius 2 is 0.394 bits per heavy atom. The van der Waals surface area contributed by atoms with Gasteiger partial charge in [0.2, 0.25) is 0 Å². The maximum absolute atomic E-state index is 2.56. The third kappa shape index (κ3) is 9.12. The fourth-order valence-electron chi connectivity index (χ4n) is 18.2. The molecule has 3 aliphatic rings. The summed E-state index contributed by atoms with van der Waals surface area (Å²) in [6, 6.07) is 120. The molecule has 0 radical (unpaired) electrons. The van der Waals surface area contributed by atoms with E-state index in [2.05, 4.69) is 357 Å². The summed E-state index contributed by atoms with van der Waals surface area (Å²) in [7, 11) is 0. The van der Waals surface area contributed by atoms with E-state index in [4.69, 9.17) is 0 Å². The van der Waals surface area contributed by atoms with Gasteiger partial charge in [-0.25, -0.2) is 0 Å². The first-order valence-electron chi connectivity index (χ1n) is 35.5. The molecule has 0 bridgehead atoms. The predicted octanol–water partition coefficient (Wildman–Crippen LogP) is 27.3. The van der Waals surface area contributed by atoms with E-state index in [1.165, 1.54) is 199 Å². The average molecular weight is 1260 g/mol. The van der Waals surface area contributed by atoms with Gasteiger partial charge in [-0.3, -0.25) is 0 Å². The number of hydrogen-bond donors (Lipinski definition) is 0. The Balaban J connectivity index is 0.637. The lowest BCUT2D eigenvalue weighted by atomic mass is 9.73. The molecular weight excluding hydrogens is 1190 g/mol. The fourth-order valence-corrected chi connectivity index (χ4v) is 18.2. The average Bonchev–Trinajstić information content (AvgIpc) is 1.57. The molecule has 0 fully saturated rings. The molecule has 3 aliphatic carbocycles. The van der Waals surface area contributed by atoms with Gasteiger partial charge in [-0.2, -0.15) is 0 Å². The van der Waals surface area contributed by atoms with Gasteiger partial charge in [0.05, 0.1) is 0 Å². The Morgan fingerprint density at radius 3 is 0.657 bits per heavy atom. The summed E-state index contributed by atoms with van der Waals surface area (Å²) in [6.45, 7) is 14.5.